The minimum absolute atomic E-state index is 0.0752. The van der Waals surface area contributed by atoms with E-state index in [-0.39, 0.29) is 11.5 Å². The van der Waals surface area contributed by atoms with Crippen LogP contribution < -0.4 is 0 Å². The van der Waals surface area contributed by atoms with Gasteiger partial charge in [0, 0.05) is 11.1 Å². The van der Waals surface area contributed by atoms with Crippen LogP contribution in [0.25, 0.3) is 0 Å². The van der Waals surface area contributed by atoms with Gasteiger partial charge in [-0.05, 0) is 11.6 Å². The molecule has 0 bridgehead atoms. The molecule has 0 aliphatic rings. The molecule has 86 valence electrons. The van der Waals surface area contributed by atoms with E-state index in [1.165, 1.54) is 0 Å². The van der Waals surface area contributed by atoms with Crippen LogP contribution in [0.5, 0.6) is 0 Å². The van der Waals surface area contributed by atoms with Gasteiger partial charge in [-0.3, -0.25) is 9.59 Å². The first-order chi connectivity index (χ1) is 8.29. The number of carbonyl (C=O) groups is 2. The van der Waals surface area contributed by atoms with Crippen LogP contribution >= 0.6 is 11.6 Å². The fraction of sp³-hybridized carbons (Fsp3) is 0. The molecule has 0 N–H and O–H groups in total. The predicted molar refractivity (Wildman–Crippen MR) is 68.9 cm³/mol. The minimum atomic E-state index is 0.0752. The van der Waals surface area contributed by atoms with E-state index in [1.807, 2.05) is 60.7 Å². The van der Waals surface area contributed by atoms with Crippen molar-refractivity contribution in [1.29, 1.82) is 0 Å². The summed E-state index contributed by atoms with van der Waals surface area (Å²) in [6.45, 7) is 0. The van der Waals surface area contributed by atoms with Crippen molar-refractivity contribution in [1.82, 2.24) is 0 Å². The highest BCUT2D eigenvalue weighted by molar-refractivity contribution is 6.54. The number of hydrogen-bond acceptors (Lipinski definition) is 2. The Kier molecular flexibility index (Phi) is 5.69. The van der Waals surface area contributed by atoms with Crippen LogP contribution in [0.4, 0.5) is 0 Å². The van der Waals surface area contributed by atoms with Crippen LogP contribution in [0.1, 0.15) is 15.9 Å². The van der Waals surface area contributed by atoms with Crippen molar-refractivity contribution in [3.63, 3.8) is 0 Å². The van der Waals surface area contributed by atoms with E-state index in [0.717, 1.165) is 11.1 Å². The van der Waals surface area contributed by atoms with Crippen LogP contribution in [0, 0.1) is 0 Å². The average molecular weight is 247 g/mol. The molecule has 0 aliphatic carbocycles. The summed E-state index contributed by atoms with van der Waals surface area (Å²) in [5, 5.41) is 0. The second-order valence-corrected chi connectivity index (χ2v) is 3.33. The maximum absolute atomic E-state index is 11.8. The summed E-state index contributed by atoms with van der Waals surface area (Å²) in [5.74, 6) is 0.297. The Morgan fingerprint density at radius 2 is 1.12 bits per heavy atom. The highest BCUT2D eigenvalue weighted by Crippen LogP contribution is 2.08. The van der Waals surface area contributed by atoms with Gasteiger partial charge < -0.3 is 0 Å². The van der Waals surface area contributed by atoms with Gasteiger partial charge >= 0.3 is 0 Å². The lowest BCUT2D eigenvalue weighted by Gasteiger charge is -1.99. The van der Waals surface area contributed by atoms with Crippen molar-refractivity contribution in [2.24, 2.45) is 0 Å². The number of hydrogen-bond donors (Lipinski definition) is 0. The number of halogens is 1. The van der Waals surface area contributed by atoms with Gasteiger partial charge in [0.2, 0.25) is 5.75 Å². The molecule has 0 aromatic heterocycles. The summed E-state index contributed by atoms with van der Waals surface area (Å²) in [6, 6.07) is 18.6. The van der Waals surface area contributed by atoms with Crippen molar-refractivity contribution in [3.05, 3.63) is 71.8 Å². The van der Waals surface area contributed by atoms with Crippen molar-refractivity contribution in [3.8, 4) is 0 Å². The van der Waals surface area contributed by atoms with E-state index in [2.05, 4.69) is 11.6 Å². The van der Waals surface area contributed by atoms with Crippen molar-refractivity contribution in [2.75, 3.05) is 0 Å². The summed E-state index contributed by atoms with van der Waals surface area (Å²) in [6.07, 6.45) is 0. The molecule has 0 saturated heterocycles. The minimum Gasteiger partial charge on any atom is -0.289 e. The highest BCUT2D eigenvalue weighted by Gasteiger charge is 2.06. The summed E-state index contributed by atoms with van der Waals surface area (Å²) in [7, 11) is 0. The van der Waals surface area contributed by atoms with Gasteiger partial charge in [-0.15, -0.1) is 0 Å². The van der Waals surface area contributed by atoms with Crippen molar-refractivity contribution < 1.29 is 9.59 Å². The third kappa shape index (κ3) is 4.21. The molecule has 0 amide bonds. The van der Waals surface area contributed by atoms with Gasteiger partial charge in [0.05, 0.1) is 0 Å². The molecule has 0 heterocycles. The summed E-state index contributed by atoms with van der Waals surface area (Å²) >= 11 is 4.32. The number of carbonyl (C=O) groups excluding carboxylic acids is 2. The Morgan fingerprint density at radius 1 is 0.824 bits per heavy atom. The molecule has 0 saturated carbocycles. The molecule has 2 rings (SSSR count). The third-order valence-corrected chi connectivity index (χ3v) is 2.07. The number of benzene rings is 2. The smallest absolute Gasteiger partial charge is 0.208 e. The molecule has 2 aromatic rings. The number of ketones is 1. The van der Waals surface area contributed by atoms with Crippen LogP contribution in [-0.4, -0.2) is 11.5 Å². The standard InChI is InChI=1S/C13H10O.CHClO/c14-13(11-7-3-1-4-8-11)12-9-5-2-6-10-12;2-1-3/h1-10H;1H. The first-order valence-electron chi connectivity index (χ1n) is 4.98. The molecular formula is C14H11ClO2. The predicted octanol–water partition coefficient (Wildman–Crippen LogP) is 3.33. The molecule has 2 aromatic carbocycles. The van der Waals surface area contributed by atoms with E-state index >= 15 is 0 Å². The Bertz CT molecular complexity index is 425. The molecule has 0 unspecified atom stereocenters. The molecule has 2 nitrogen and oxygen atoms in total. The normalized spacial score (nSPS) is 8.76. The van der Waals surface area contributed by atoms with Gasteiger partial charge in [-0.2, -0.15) is 0 Å². The lowest BCUT2D eigenvalue weighted by molar-refractivity contribution is 0.103. The van der Waals surface area contributed by atoms with E-state index in [0.29, 0.717) is 0 Å². The third-order valence-electron chi connectivity index (χ3n) is 2.07. The fourth-order valence-electron chi connectivity index (χ4n) is 1.35. The van der Waals surface area contributed by atoms with E-state index < -0.39 is 0 Å². The Hall–Kier alpha value is -1.93. The summed E-state index contributed by atoms with van der Waals surface area (Å²) in [5.41, 5.74) is 1.47. The Balaban J connectivity index is 0.000000437. The molecular weight excluding hydrogens is 236 g/mol. The Labute approximate surface area is 105 Å². The van der Waals surface area contributed by atoms with Crippen molar-refractivity contribution >= 4 is 23.1 Å². The zero-order valence-electron chi connectivity index (χ0n) is 9.05. The lowest BCUT2D eigenvalue weighted by Crippen LogP contribution is -1.99. The topological polar surface area (TPSA) is 34.1 Å². The van der Waals surface area contributed by atoms with Crippen LogP contribution in [0.2, 0.25) is 0 Å². The summed E-state index contributed by atoms with van der Waals surface area (Å²) < 4.78 is 0. The molecule has 0 radical (unpaired) electrons. The molecule has 0 atom stereocenters. The van der Waals surface area contributed by atoms with Gasteiger partial charge in [-0.1, -0.05) is 60.7 Å². The van der Waals surface area contributed by atoms with E-state index in [4.69, 9.17) is 4.79 Å². The first kappa shape index (κ1) is 13.1. The Morgan fingerprint density at radius 3 is 1.41 bits per heavy atom. The van der Waals surface area contributed by atoms with Gasteiger partial charge in [0.15, 0.2) is 5.78 Å². The van der Waals surface area contributed by atoms with Crippen LogP contribution in [0.3, 0.4) is 0 Å². The number of rotatable bonds is 2. The highest BCUT2D eigenvalue weighted by atomic mass is 35.5. The zero-order chi connectivity index (χ0) is 12.5. The molecule has 0 spiro atoms. The molecule has 3 heteroatoms. The van der Waals surface area contributed by atoms with Gasteiger partial charge in [0.1, 0.15) is 0 Å². The SMILES string of the molecule is O=C(c1ccccc1)c1ccccc1.O=CCl. The van der Waals surface area contributed by atoms with E-state index in [1.54, 1.807) is 0 Å². The second-order valence-electron chi connectivity index (χ2n) is 3.15. The molecule has 0 fully saturated rings. The van der Waals surface area contributed by atoms with E-state index in [9.17, 15) is 4.79 Å². The van der Waals surface area contributed by atoms with Gasteiger partial charge in [-0.25, -0.2) is 0 Å². The first-order valence-corrected chi connectivity index (χ1v) is 5.42. The van der Waals surface area contributed by atoms with Crippen LogP contribution in [0.15, 0.2) is 60.7 Å². The van der Waals surface area contributed by atoms with Crippen LogP contribution in [-0.2, 0) is 4.79 Å². The molecule has 0 aliphatic heterocycles. The fourth-order valence-corrected chi connectivity index (χ4v) is 1.35. The molecule has 17 heavy (non-hydrogen) atoms. The quantitative estimate of drug-likeness (QED) is 0.463. The van der Waals surface area contributed by atoms with Gasteiger partial charge in [0.25, 0.3) is 0 Å². The lowest BCUT2D eigenvalue weighted by atomic mass is 10.0. The zero-order valence-corrected chi connectivity index (χ0v) is 9.80. The maximum atomic E-state index is 11.8. The summed E-state index contributed by atoms with van der Waals surface area (Å²) in [4.78, 5) is 20.4. The largest absolute Gasteiger partial charge is 0.289 e. The monoisotopic (exact) mass is 246 g/mol. The van der Waals surface area contributed by atoms with Crippen molar-refractivity contribution in [2.45, 2.75) is 0 Å². The second kappa shape index (κ2) is 7.36. The maximum Gasteiger partial charge on any atom is 0.208 e. The average Bonchev–Trinajstić information content (AvgIpc) is 2.41.